The molecule has 0 spiro atoms. The summed E-state index contributed by atoms with van der Waals surface area (Å²) in [6, 6.07) is 7.08. The maximum atomic E-state index is 10.8. The lowest BCUT2D eigenvalue weighted by Gasteiger charge is -2.12. The third-order valence-electron chi connectivity index (χ3n) is 2.89. The van der Waals surface area contributed by atoms with Gasteiger partial charge in [0.05, 0.1) is 5.56 Å². The van der Waals surface area contributed by atoms with Gasteiger partial charge >= 0.3 is 5.97 Å². The van der Waals surface area contributed by atoms with E-state index in [0.29, 0.717) is 18.4 Å². The first kappa shape index (κ1) is 12.6. The molecule has 96 valence electrons. The van der Waals surface area contributed by atoms with Crippen LogP contribution in [0.2, 0.25) is 0 Å². The molecular weight excluding hydrogens is 230 g/mol. The lowest BCUT2D eigenvalue weighted by molar-refractivity contribution is 0.0696. The van der Waals surface area contributed by atoms with Crippen LogP contribution < -0.4 is 10.1 Å². The minimum Gasteiger partial charge on any atom is -0.492 e. The highest BCUT2D eigenvalue weighted by Crippen LogP contribution is 2.13. The molecule has 1 aromatic carbocycles. The molecule has 0 saturated heterocycles. The van der Waals surface area contributed by atoms with Gasteiger partial charge in [0.1, 0.15) is 12.4 Å². The molecule has 1 aliphatic carbocycles. The van der Waals surface area contributed by atoms with Crippen LogP contribution >= 0.6 is 0 Å². The Labute approximate surface area is 106 Å². The molecule has 0 saturated carbocycles. The lowest BCUT2D eigenvalue weighted by atomic mass is 10.2. The Kier molecular flexibility index (Phi) is 4.36. The third kappa shape index (κ3) is 3.60. The fraction of sp³-hybridized carbons (Fsp3) is 0.357. The predicted octanol–water partition coefficient (Wildman–Crippen LogP) is 2.07. The van der Waals surface area contributed by atoms with Gasteiger partial charge in [-0.3, -0.25) is 0 Å². The molecule has 18 heavy (non-hydrogen) atoms. The minimum atomic E-state index is -0.935. The van der Waals surface area contributed by atoms with Gasteiger partial charge in [-0.15, -0.1) is 0 Å². The average Bonchev–Trinajstić information content (AvgIpc) is 2.88. The quantitative estimate of drug-likeness (QED) is 0.597. The Bertz CT molecular complexity index is 434. The van der Waals surface area contributed by atoms with E-state index in [4.69, 9.17) is 9.84 Å². The van der Waals surface area contributed by atoms with Gasteiger partial charge in [-0.2, -0.15) is 0 Å². The Hall–Kier alpha value is -1.81. The van der Waals surface area contributed by atoms with Crippen molar-refractivity contribution in [3.05, 3.63) is 42.0 Å². The van der Waals surface area contributed by atoms with Crippen LogP contribution in [-0.4, -0.2) is 30.3 Å². The highest BCUT2D eigenvalue weighted by molar-refractivity contribution is 5.87. The van der Waals surface area contributed by atoms with Gasteiger partial charge in [-0.05, 0) is 31.0 Å². The van der Waals surface area contributed by atoms with Crippen LogP contribution in [0, 0.1) is 0 Å². The van der Waals surface area contributed by atoms with Crippen LogP contribution in [-0.2, 0) is 0 Å². The van der Waals surface area contributed by atoms with E-state index in [1.54, 1.807) is 24.3 Å². The second-order valence-corrected chi connectivity index (χ2v) is 4.28. The number of hydrogen-bond donors (Lipinski definition) is 2. The number of carboxylic acid groups (broad SMARTS) is 1. The number of benzene rings is 1. The zero-order valence-corrected chi connectivity index (χ0v) is 10.1. The number of ether oxygens (including phenoxy) is 1. The van der Waals surface area contributed by atoms with Crippen LogP contribution in [0.5, 0.6) is 5.75 Å². The van der Waals surface area contributed by atoms with E-state index >= 15 is 0 Å². The van der Waals surface area contributed by atoms with Gasteiger partial charge < -0.3 is 15.2 Å². The molecule has 0 heterocycles. The van der Waals surface area contributed by atoms with Crippen molar-refractivity contribution in [1.29, 1.82) is 0 Å². The molecule has 1 aromatic rings. The molecule has 0 bridgehead atoms. The predicted molar refractivity (Wildman–Crippen MR) is 69.1 cm³/mol. The molecule has 0 amide bonds. The Morgan fingerprint density at radius 3 is 2.89 bits per heavy atom. The number of rotatable bonds is 6. The van der Waals surface area contributed by atoms with Crippen LogP contribution in [0.4, 0.5) is 0 Å². The van der Waals surface area contributed by atoms with Gasteiger partial charge in [0, 0.05) is 12.6 Å². The number of carbonyl (C=O) groups is 1. The summed E-state index contributed by atoms with van der Waals surface area (Å²) in [5.74, 6) is -0.336. The fourth-order valence-electron chi connectivity index (χ4n) is 1.93. The van der Waals surface area contributed by atoms with Crippen molar-refractivity contribution < 1.29 is 14.6 Å². The molecule has 0 radical (unpaired) electrons. The molecule has 1 aliphatic rings. The molecule has 0 unspecified atom stereocenters. The second kappa shape index (κ2) is 6.21. The van der Waals surface area contributed by atoms with Crippen molar-refractivity contribution in [1.82, 2.24) is 5.32 Å². The van der Waals surface area contributed by atoms with E-state index in [0.717, 1.165) is 19.4 Å². The van der Waals surface area contributed by atoms with Gasteiger partial charge in [0.2, 0.25) is 0 Å². The van der Waals surface area contributed by atoms with Crippen molar-refractivity contribution >= 4 is 5.97 Å². The average molecular weight is 247 g/mol. The Morgan fingerprint density at radius 1 is 1.39 bits per heavy atom. The lowest BCUT2D eigenvalue weighted by Crippen LogP contribution is -2.30. The second-order valence-electron chi connectivity index (χ2n) is 4.28. The molecule has 4 heteroatoms. The van der Waals surface area contributed by atoms with E-state index in [2.05, 4.69) is 17.5 Å². The zero-order chi connectivity index (χ0) is 12.8. The normalized spacial score (nSPS) is 14.9. The van der Waals surface area contributed by atoms with Crippen molar-refractivity contribution in [2.24, 2.45) is 0 Å². The molecule has 2 rings (SSSR count). The molecular formula is C14H17NO3. The Morgan fingerprint density at radius 2 is 2.17 bits per heavy atom. The highest BCUT2D eigenvalue weighted by atomic mass is 16.5. The summed E-state index contributed by atoms with van der Waals surface area (Å²) in [7, 11) is 0. The summed E-state index contributed by atoms with van der Waals surface area (Å²) < 4.78 is 5.51. The monoisotopic (exact) mass is 247 g/mol. The maximum Gasteiger partial charge on any atom is 0.335 e. The van der Waals surface area contributed by atoms with Crippen molar-refractivity contribution in [2.45, 2.75) is 18.9 Å². The van der Waals surface area contributed by atoms with Gasteiger partial charge in [0.15, 0.2) is 0 Å². The Balaban J connectivity index is 1.72. The zero-order valence-electron chi connectivity index (χ0n) is 10.1. The number of aromatic carboxylic acids is 1. The summed E-state index contributed by atoms with van der Waals surface area (Å²) in [6.45, 7) is 1.31. The molecule has 4 nitrogen and oxygen atoms in total. The molecule has 0 aromatic heterocycles. The standard InChI is InChI=1S/C14H17NO3/c16-14(17)11-4-3-7-13(10-11)18-9-8-15-12-5-1-2-6-12/h1-4,7,10,12,15H,5-6,8-9H2,(H,16,17). The van der Waals surface area contributed by atoms with Crippen LogP contribution in [0.1, 0.15) is 23.2 Å². The third-order valence-corrected chi connectivity index (χ3v) is 2.89. The highest BCUT2D eigenvalue weighted by Gasteiger charge is 2.08. The van der Waals surface area contributed by atoms with E-state index < -0.39 is 5.97 Å². The SMILES string of the molecule is O=C(O)c1cccc(OCCNC2CC=CC2)c1. The van der Waals surface area contributed by atoms with Gasteiger partial charge in [-0.1, -0.05) is 18.2 Å². The summed E-state index contributed by atoms with van der Waals surface area (Å²) in [4.78, 5) is 10.8. The van der Waals surface area contributed by atoms with E-state index in [9.17, 15) is 4.79 Å². The largest absolute Gasteiger partial charge is 0.492 e. The minimum absolute atomic E-state index is 0.250. The first-order chi connectivity index (χ1) is 8.75. The van der Waals surface area contributed by atoms with Gasteiger partial charge in [0.25, 0.3) is 0 Å². The van der Waals surface area contributed by atoms with E-state index in [-0.39, 0.29) is 5.56 Å². The topological polar surface area (TPSA) is 58.6 Å². The van der Waals surface area contributed by atoms with Crippen molar-refractivity contribution in [2.75, 3.05) is 13.2 Å². The number of carboxylic acids is 1. The maximum absolute atomic E-state index is 10.8. The first-order valence-corrected chi connectivity index (χ1v) is 6.10. The molecule has 2 N–H and O–H groups in total. The molecule has 0 fully saturated rings. The summed E-state index contributed by atoms with van der Waals surface area (Å²) in [5.41, 5.74) is 0.250. The van der Waals surface area contributed by atoms with Crippen molar-refractivity contribution in [3.8, 4) is 5.75 Å². The van der Waals surface area contributed by atoms with Crippen molar-refractivity contribution in [3.63, 3.8) is 0 Å². The van der Waals surface area contributed by atoms with Crippen LogP contribution in [0.25, 0.3) is 0 Å². The van der Waals surface area contributed by atoms with E-state index in [1.807, 2.05) is 0 Å². The van der Waals surface area contributed by atoms with Gasteiger partial charge in [-0.25, -0.2) is 4.79 Å². The number of hydrogen-bond acceptors (Lipinski definition) is 3. The first-order valence-electron chi connectivity index (χ1n) is 6.10. The van der Waals surface area contributed by atoms with Crippen LogP contribution in [0.15, 0.2) is 36.4 Å². The summed E-state index contributed by atoms with van der Waals surface area (Å²) in [6.07, 6.45) is 6.51. The van der Waals surface area contributed by atoms with E-state index in [1.165, 1.54) is 0 Å². The number of nitrogens with one attached hydrogen (secondary N) is 1. The van der Waals surface area contributed by atoms with Crippen LogP contribution in [0.3, 0.4) is 0 Å². The summed E-state index contributed by atoms with van der Waals surface area (Å²) in [5, 5.41) is 12.2. The smallest absolute Gasteiger partial charge is 0.335 e. The molecule has 0 aliphatic heterocycles. The fourth-order valence-corrected chi connectivity index (χ4v) is 1.93. The molecule has 0 atom stereocenters. The summed E-state index contributed by atoms with van der Waals surface area (Å²) >= 11 is 0.